The smallest absolute Gasteiger partial charge is 0.270 e. The molecule has 4 aromatic rings. The zero-order valence-corrected chi connectivity index (χ0v) is 18.5. The summed E-state index contributed by atoms with van der Waals surface area (Å²) in [4.78, 5) is 21.6. The lowest BCUT2D eigenvalue weighted by atomic mass is 10.0. The molecule has 158 valence electrons. The summed E-state index contributed by atoms with van der Waals surface area (Å²) < 4.78 is 1.63. The number of hydrogen-bond acceptors (Lipinski definition) is 5. The van der Waals surface area contributed by atoms with E-state index < -0.39 is 0 Å². The first-order valence-electron chi connectivity index (χ1n) is 10.5. The van der Waals surface area contributed by atoms with Crippen LogP contribution in [-0.4, -0.2) is 38.5 Å². The molecule has 1 aliphatic rings. The van der Waals surface area contributed by atoms with E-state index in [0.717, 1.165) is 30.9 Å². The van der Waals surface area contributed by atoms with Gasteiger partial charge >= 0.3 is 0 Å². The molecule has 5 rings (SSSR count). The second-order valence-corrected chi connectivity index (χ2v) is 9.07. The van der Waals surface area contributed by atoms with Crippen LogP contribution in [-0.2, 0) is 13.0 Å². The Bertz CT molecular complexity index is 1230. The Morgan fingerprint density at radius 1 is 1.16 bits per heavy atom. The number of rotatable bonds is 5. The molecule has 0 saturated heterocycles. The van der Waals surface area contributed by atoms with E-state index in [9.17, 15) is 4.79 Å². The molecule has 0 radical (unpaired) electrons. The molecule has 0 aliphatic carbocycles. The molecule has 1 aromatic carbocycles. The summed E-state index contributed by atoms with van der Waals surface area (Å²) in [6, 6.07) is 16.5. The molecule has 7 heteroatoms. The zero-order valence-electron chi connectivity index (χ0n) is 17.7. The van der Waals surface area contributed by atoms with Gasteiger partial charge in [-0.25, -0.2) is 9.50 Å². The van der Waals surface area contributed by atoms with Crippen molar-refractivity contribution in [2.24, 2.45) is 0 Å². The number of aromatic nitrogens is 3. The molecule has 4 heterocycles. The molecule has 1 atom stereocenters. The first-order chi connectivity index (χ1) is 15.1. The molecule has 1 aliphatic heterocycles. The van der Waals surface area contributed by atoms with E-state index in [1.165, 1.54) is 16.0 Å². The molecule has 1 amide bonds. The number of aryl methyl sites for hydroxylation is 2. The third kappa shape index (κ3) is 3.98. The molecule has 0 spiro atoms. The van der Waals surface area contributed by atoms with Gasteiger partial charge in [0.05, 0.1) is 11.7 Å². The van der Waals surface area contributed by atoms with Crippen LogP contribution in [0.25, 0.3) is 5.65 Å². The number of thiophene rings is 1. The van der Waals surface area contributed by atoms with Crippen molar-refractivity contribution in [3.05, 3.63) is 87.0 Å². The highest BCUT2D eigenvalue weighted by atomic mass is 32.1. The first kappa shape index (κ1) is 19.9. The highest BCUT2D eigenvalue weighted by molar-refractivity contribution is 7.10. The van der Waals surface area contributed by atoms with Gasteiger partial charge < -0.3 is 5.32 Å². The Balaban J connectivity index is 1.40. The van der Waals surface area contributed by atoms with Gasteiger partial charge in [-0.05, 0) is 48.9 Å². The minimum Gasteiger partial charge on any atom is -0.349 e. The van der Waals surface area contributed by atoms with Crippen LogP contribution in [0.1, 0.15) is 43.9 Å². The van der Waals surface area contributed by atoms with Crippen LogP contribution in [0.2, 0.25) is 0 Å². The van der Waals surface area contributed by atoms with Crippen LogP contribution in [0.3, 0.4) is 0 Å². The standard InChI is InChI=1S/C24H25N5OS/c1-16-12-20(29-23(26-16)13-17(2)27-29)24(30)25-14-21(18-6-4-3-5-7-18)28-10-8-22-19(15-28)9-11-31-22/h3-7,9,11-13,21H,8,10,14-15H2,1-2H3,(H,25,30). The highest BCUT2D eigenvalue weighted by Gasteiger charge is 2.26. The van der Waals surface area contributed by atoms with Gasteiger partial charge in [-0.3, -0.25) is 9.69 Å². The van der Waals surface area contributed by atoms with Gasteiger partial charge in [-0.15, -0.1) is 11.3 Å². The van der Waals surface area contributed by atoms with Crippen molar-refractivity contribution in [2.45, 2.75) is 32.9 Å². The van der Waals surface area contributed by atoms with Gasteiger partial charge in [0.25, 0.3) is 5.91 Å². The Labute approximate surface area is 185 Å². The Hall–Kier alpha value is -3.03. The predicted molar refractivity (Wildman–Crippen MR) is 122 cm³/mol. The number of hydrogen-bond donors (Lipinski definition) is 1. The second kappa shape index (κ2) is 8.24. The number of amides is 1. The topological polar surface area (TPSA) is 62.5 Å². The van der Waals surface area contributed by atoms with Crippen molar-refractivity contribution >= 4 is 22.9 Å². The van der Waals surface area contributed by atoms with Crippen LogP contribution in [0, 0.1) is 13.8 Å². The summed E-state index contributed by atoms with van der Waals surface area (Å²) in [7, 11) is 0. The lowest BCUT2D eigenvalue weighted by Crippen LogP contribution is -2.40. The maximum atomic E-state index is 13.2. The molecule has 0 saturated carbocycles. The Morgan fingerprint density at radius 2 is 2.00 bits per heavy atom. The van der Waals surface area contributed by atoms with Crippen molar-refractivity contribution < 1.29 is 4.79 Å². The van der Waals surface area contributed by atoms with Crippen molar-refractivity contribution in [1.82, 2.24) is 24.8 Å². The van der Waals surface area contributed by atoms with Crippen molar-refractivity contribution in [1.29, 1.82) is 0 Å². The number of fused-ring (bicyclic) bond motifs is 2. The van der Waals surface area contributed by atoms with E-state index in [4.69, 9.17) is 0 Å². The van der Waals surface area contributed by atoms with Gasteiger partial charge in [-0.1, -0.05) is 30.3 Å². The molecule has 6 nitrogen and oxygen atoms in total. The molecule has 1 N–H and O–H groups in total. The molecule has 0 bridgehead atoms. The summed E-state index contributed by atoms with van der Waals surface area (Å²) in [6.07, 6.45) is 1.06. The van der Waals surface area contributed by atoms with E-state index >= 15 is 0 Å². The molecular weight excluding hydrogens is 406 g/mol. The number of nitrogens with one attached hydrogen (secondary N) is 1. The van der Waals surface area contributed by atoms with Crippen molar-refractivity contribution in [3.8, 4) is 0 Å². The SMILES string of the molecule is Cc1cc(C(=O)NCC(c2ccccc2)N2CCc3sccc3C2)n2nc(C)cc2n1. The van der Waals surface area contributed by atoms with Crippen LogP contribution in [0.15, 0.2) is 53.9 Å². The summed E-state index contributed by atoms with van der Waals surface area (Å²) in [5.74, 6) is -0.132. The third-order valence-electron chi connectivity index (χ3n) is 5.83. The van der Waals surface area contributed by atoms with Crippen LogP contribution < -0.4 is 5.32 Å². The minimum absolute atomic E-state index is 0.107. The number of carbonyl (C=O) groups is 1. The van der Waals surface area contributed by atoms with Gasteiger partial charge in [0.2, 0.25) is 0 Å². The lowest BCUT2D eigenvalue weighted by Gasteiger charge is -2.35. The molecule has 31 heavy (non-hydrogen) atoms. The normalized spacial score (nSPS) is 15.0. The first-order valence-corrected chi connectivity index (χ1v) is 11.4. The number of nitrogens with zero attached hydrogens (tertiary/aromatic N) is 4. The summed E-state index contributed by atoms with van der Waals surface area (Å²) >= 11 is 1.84. The number of carbonyl (C=O) groups excluding carboxylic acids is 1. The predicted octanol–water partition coefficient (Wildman–Crippen LogP) is 3.94. The fourth-order valence-electron chi connectivity index (χ4n) is 4.33. The fraction of sp³-hybridized carbons (Fsp3) is 0.292. The van der Waals surface area contributed by atoms with E-state index in [1.807, 2.05) is 37.3 Å². The monoisotopic (exact) mass is 431 g/mol. The fourth-order valence-corrected chi connectivity index (χ4v) is 5.22. The summed E-state index contributed by atoms with van der Waals surface area (Å²) in [5.41, 5.74) is 5.48. The third-order valence-corrected chi connectivity index (χ3v) is 6.85. The van der Waals surface area contributed by atoms with Crippen molar-refractivity contribution in [3.63, 3.8) is 0 Å². The minimum atomic E-state index is -0.132. The summed E-state index contributed by atoms with van der Waals surface area (Å²) in [5, 5.41) is 9.81. The molecule has 3 aromatic heterocycles. The molecule has 0 fully saturated rings. The van der Waals surface area contributed by atoms with E-state index in [-0.39, 0.29) is 11.9 Å². The molecule has 1 unspecified atom stereocenters. The maximum absolute atomic E-state index is 13.2. The molecular formula is C24H25N5OS. The van der Waals surface area contributed by atoms with Gasteiger partial charge in [0, 0.05) is 36.3 Å². The van der Waals surface area contributed by atoms with Gasteiger partial charge in [0.1, 0.15) is 5.69 Å². The highest BCUT2D eigenvalue weighted by Crippen LogP contribution is 2.30. The van der Waals surface area contributed by atoms with E-state index in [1.54, 1.807) is 10.6 Å². The average Bonchev–Trinajstić information content (AvgIpc) is 3.39. The van der Waals surface area contributed by atoms with E-state index in [2.05, 4.69) is 56.0 Å². The van der Waals surface area contributed by atoms with E-state index in [0.29, 0.717) is 17.9 Å². The lowest BCUT2D eigenvalue weighted by molar-refractivity contribution is 0.0920. The van der Waals surface area contributed by atoms with Gasteiger partial charge in [-0.2, -0.15) is 5.10 Å². The number of benzene rings is 1. The zero-order chi connectivity index (χ0) is 21.4. The Kier molecular flexibility index (Phi) is 5.29. The largest absolute Gasteiger partial charge is 0.349 e. The van der Waals surface area contributed by atoms with Crippen molar-refractivity contribution in [2.75, 3.05) is 13.1 Å². The summed E-state index contributed by atoms with van der Waals surface area (Å²) in [6.45, 7) is 6.24. The van der Waals surface area contributed by atoms with Crippen LogP contribution in [0.4, 0.5) is 0 Å². The van der Waals surface area contributed by atoms with Gasteiger partial charge in [0.15, 0.2) is 5.65 Å². The maximum Gasteiger partial charge on any atom is 0.270 e. The van der Waals surface area contributed by atoms with Crippen LogP contribution in [0.5, 0.6) is 0 Å². The quantitative estimate of drug-likeness (QED) is 0.520. The average molecular weight is 432 g/mol. The Morgan fingerprint density at radius 3 is 2.84 bits per heavy atom. The second-order valence-electron chi connectivity index (χ2n) is 8.06. The van der Waals surface area contributed by atoms with Crippen LogP contribution >= 0.6 is 11.3 Å².